The molecule has 4 nitrogen and oxygen atoms in total. The summed E-state index contributed by atoms with van der Waals surface area (Å²) in [5.74, 6) is 1.25. The molecule has 2 aromatic rings. The Kier molecular flexibility index (Phi) is 4.74. The molecule has 24 heavy (non-hydrogen) atoms. The summed E-state index contributed by atoms with van der Waals surface area (Å²) in [5, 5.41) is 4.00. The standard InChI is InChI=1S/C20H26N2O2/c1-15(2)12-17-13-18(21-24-17)19(23)22-11-7-10-20(3,14-22)16-8-5-4-6-9-16/h4-6,8-9,13,15H,7,10-12,14H2,1-3H3/t20-/m0/s1. The van der Waals surface area contributed by atoms with Crippen LogP contribution in [-0.2, 0) is 11.8 Å². The van der Waals surface area contributed by atoms with Crippen molar-refractivity contribution in [3.8, 4) is 0 Å². The molecule has 0 N–H and O–H groups in total. The van der Waals surface area contributed by atoms with E-state index in [1.807, 2.05) is 11.0 Å². The van der Waals surface area contributed by atoms with Crippen LogP contribution in [-0.4, -0.2) is 29.1 Å². The van der Waals surface area contributed by atoms with Crippen LogP contribution in [0, 0.1) is 5.92 Å². The van der Waals surface area contributed by atoms with Crippen molar-refractivity contribution in [2.45, 2.75) is 45.4 Å². The molecule has 1 aromatic carbocycles. The first-order valence-corrected chi connectivity index (χ1v) is 8.78. The molecule has 0 saturated carbocycles. The summed E-state index contributed by atoms with van der Waals surface area (Å²) < 4.78 is 5.33. The predicted molar refractivity (Wildman–Crippen MR) is 94.0 cm³/mol. The molecule has 2 heterocycles. The normalized spacial score (nSPS) is 21.2. The average Bonchev–Trinajstić information content (AvgIpc) is 3.03. The highest BCUT2D eigenvalue weighted by atomic mass is 16.5. The van der Waals surface area contributed by atoms with Crippen molar-refractivity contribution >= 4 is 5.91 Å². The molecule has 1 fully saturated rings. The number of aromatic nitrogens is 1. The van der Waals surface area contributed by atoms with E-state index in [0.717, 1.165) is 38.1 Å². The minimum atomic E-state index is -0.0180. The Morgan fingerprint density at radius 1 is 1.33 bits per heavy atom. The van der Waals surface area contributed by atoms with E-state index in [1.165, 1.54) is 5.56 Å². The van der Waals surface area contributed by atoms with Gasteiger partial charge in [-0.15, -0.1) is 0 Å². The Morgan fingerprint density at radius 3 is 2.79 bits per heavy atom. The molecule has 1 amide bonds. The Bertz CT molecular complexity index is 693. The van der Waals surface area contributed by atoms with Gasteiger partial charge in [0.25, 0.3) is 5.91 Å². The lowest BCUT2D eigenvalue weighted by molar-refractivity contribution is 0.0640. The zero-order chi connectivity index (χ0) is 17.2. The number of amides is 1. The first kappa shape index (κ1) is 16.7. The molecule has 0 aliphatic carbocycles. The number of nitrogens with zero attached hydrogens (tertiary/aromatic N) is 2. The lowest BCUT2D eigenvalue weighted by Crippen LogP contribution is -2.47. The maximum absolute atomic E-state index is 12.8. The van der Waals surface area contributed by atoms with Gasteiger partial charge >= 0.3 is 0 Å². The number of hydrogen-bond donors (Lipinski definition) is 0. The average molecular weight is 326 g/mol. The second-order valence-corrected chi connectivity index (χ2v) is 7.53. The minimum Gasteiger partial charge on any atom is -0.361 e. The first-order chi connectivity index (χ1) is 11.5. The number of benzene rings is 1. The van der Waals surface area contributed by atoms with Gasteiger partial charge in [0, 0.05) is 31.0 Å². The van der Waals surface area contributed by atoms with Gasteiger partial charge in [0.1, 0.15) is 5.76 Å². The molecule has 4 heteroatoms. The highest BCUT2D eigenvalue weighted by Gasteiger charge is 2.35. The number of hydrogen-bond acceptors (Lipinski definition) is 3. The summed E-state index contributed by atoms with van der Waals surface area (Å²) >= 11 is 0. The summed E-state index contributed by atoms with van der Waals surface area (Å²) in [4.78, 5) is 14.7. The molecule has 1 aliphatic heterocycles. The molecular formula is C20H26N2O2. The monoisotopic (exact) mass is 326 g/mol. The maximum atomic E-state index is 12.8. The van der Waals surface area contributed by atoms with Crippen LogP contribution < -0.4 is 0 Å². The van der Waals surface area contributed by atoms with Crippen LogP contribution in [0.1, 0.15) is 55.4 Å². The van der Waals surface area contributed by atoms with E-state index in [0.29, 0.717) is 11.6 Å². The molecule has 1 aromatic heterocycles. The Morgan fingerprint density at radius 2 is 2.08 bits per heavy atom. The van der Waals surface area contributed by atoms with Crippen molar-refractivity contribution in [3.05, 3.63) is 53.4 Å². The fourth-order valence-electron chi connectivity index (χ4n) is 3.56. The topological polar surface area (TPSA) is 46.3 Å². The molecule has 1 atom stereocenters. The van der Waals surface area contributed by atoms with Gasteiger partial charge in [-0.25, -0.2) is 0 Å². The van der Waals surface area contributed by atoms with Crippen molar-refractivity contribution < 1.29 is 9.32 Å². The summed E-state index contributed by atoms with van der Waals surface area (Å²) in [6.45, 7) is 8.00. The van der Waals surface area contributed by atoms with E-state index < -0.39 is 0 Å². The second kappa shape index (κ2) is 6.80. The van der Waals surface area contributed by atoms with Crippen LogP contribution in [0.15, 0.2) is 40.9 Å². The van der Waals surface area contributed by atoms with E-state index in [4.69, 9.17) is 4.52 Å². The van der Waals surface area contributed by atoms with Gasteiger partial charge in [0.2, 0.25) is 0 Å². The van der Waals surface area contributed by atoms with Crippen molar-refractivity contribution in [3.63, 3.8) is 0 Å². The van der Waals surface area contributed by atoms with Gasteiger partial charge < -0.3 is 9.42 Å². The van der Waals surface area contributed by atoms with Crippen LogP contribution in [0.2, 0.25) is 0 Å². The van der Waals surface area contributed by atoms with E-state index >= 15 is 0 Å². The fourth-order valence-corrected chi connectivity index (χ4v) is 3.56. The Labute approximate surface area is 143 Å². The number of rotatable bonds is 4. The van der Waals surface area contributed by atoms with Gasteiger partial charge in [-0.05, 0) is 24.3 Å². The van der Waals surface area contributed by atoms with Crippen LogP contribution in [0.3, 0.4) is 0 Å². The molecule has 3 rings (SSSR count). The summed E-state index contributed by atoms with van der Waals surface area (Å²) in [6.07, 6.45) is 2.91. The van der Waals surface area contributed by atoms with Crippen molar-refractivity contribution in [1.29, 1.82) is 0 Å². The Balaban J connectivity index is 1.75. The molecule has 0 spiro atoms. The van der Waals surface area contributed by atoms with Crippen molar-refractivity contribution in [2.24, 2.45) is 5.92 Å². The van der Waals surface area contributed by atoms with Crippen LogP contribution in [0.4, 0.5) is 0 Å². The molecule has 0 unspecified atom stereocenters. The predicted octanol–water partition coefficient (Wildman–Crippen LogP) is 4.07. The summed E-state index contributed by atoms with van der Waals surface area (Å²) in [7, 11) is 0. The summed E-state index contributed by atoms with van der Waals surface area (Å²) in [5.41, 5.74) is 1.73. The fraction of sp³-hybridized carbons (Fsp3) is 0.500. The molecule has 0 radical (unpaired) electrons. The third-order valence-electron chi connectivity index (χ3n) is 4.84. The maximum Gasteiger partial charge on any atom is 0.276 e. The van der Waals surface area contributed by atoms with E-state index in [1.54, 1.807) is 6.07 Å². The molecule has 1 saturated heterocycles. The lowest BCUT2D eigenvalue weighted by Gasteiger charge is -2.40. The number of carbonyl (C=O) groups excluding carboxylic acids is 1. The van der Waals surface area contributed by atoms with Crippen LogP contribution in [0.5, 0.6) is 0 Å². The van der Waals surface area contributed by atoms with Gasteiger partial charge in [0.15, 0.2) is 5.69 Å². The second-order valence-electron chi connectivity index (χ2n) is 7.53. The highest BCUT2D eigenvalue weighted by molar-refractivity contribution is 5.92. The molecule has 128 valence electrons. The van der Waals surface area contributed by atoms with Gasteiger partial charge in [-0.1, -0.05) is 56.3 Å². The van der Waals surface area contributed by atoms with Crippen LogP contribution >= 0.6 is 0 Å². The van der Waals surface area contributed by atoms with Crippen molar-refractivity contribution in [1.82, 2.24) is 10.1 Å². The number of likely N-dealkylation sites (tertiary alicyclic amines) is 1. The molecular weight excluding hydrogens is 300 g/mol. The quantitative estimate of drug-likeness (QED) is 0.851. The van der Waals surface area contributed by atoms with Crippen molar-refractivity contribution in [2.75, 3.05) is 13.1 Å². The van der Waals surface area contributed by atoms with Gasteiger partial charge in [-0.3, -0.25) is 4.79 Å². The zero-order valence-electron chi connectivity index (χ0n) is 14.8. The number of carbonyl (C=O) groups is 1. The third-order valence-corrected chi connectivity index (χ3v) is 4.84. The van der Waals surface area contributed by atoms with E-state index in [9.17, 15) is 4.79 Å². The van der Waals surface area contributed by atoms with Crippen LogP contribution in [0.25, 0.3) is 0 Å². The molecule has 1 aliphatic rings. The minimum absolute atomic E-state index is 0.000329. The highest BCUT2D eigenvalue weighted by Crippen LogP contribution is 2.34. The summed E-state index contributed by atoms with van der Waals surface area (Å²) in [6, 6.07) is 12.3. The van der Waals surface area contributed by atoms with E-state index in [-0.39, 0.29) is 11.3 Å². The third kappa shape index (κ3) is 3.53. The Hall–Kier alpha value is -2.10. The van der Waals surface area contributed by atoms with Gasteiger partial charge in [0.05, 0.1) is 0 Å². The zero-order valence-corrected chi connectivity index (χ0v) is 14.8. The number of piperidine rings is 1. The molecule has 0 bridgehead atoms. The lowest BCUT2D eigenvalue weighted by atomic mass is 9.76. The largest absolute Gasteiger partial charge is 0.361 e. The van der Waals surface area contributed by atoms with Gasteiger partial charge in [-0.2, -0.15) is 0 Å². The SMILES string of the molecule is CC(C)Cc1cc(C(=O)N2CCC[C@](C)(c3ccccc3)C2)no1. The smallest absolute Gasteiger partial charge is 0.276 e. The van der Waals surface area contributed by atoms with E-state index in [2.05, 4.69) is 50.2 Å². The first-order valence-electron chi connectivity index (χ1n) is 8.78.